The maximum absolute atomic E-state index is 17.5. The van der Waals surface area contributed by atoms with E-state index in [0.29, 0.717) is 35.4 Å². The van der Waals surface area contributed by atoms with E-state index in [1.807, 2.05) is 13.8 Å². The molecule has 0 unspecified atom stereocenters. The van der Waals surface area contributed by atoms with Gasteiger partial charge >= 0.3 is 5.97 Å². The number of allylic oxidation sites excluding steroid dienone is 4. The SMILES string of the molecule is CCC(=O)O[C@]1(C(=O)SCC(=O)c2ccc(Cl)cc2)[C@@H](C)C[C@H]2[C@@H]3CCC4=CC(=O)C=C[C@]4(C)[C@@]3(F)[C@@H](O)C[C@@]21C. The number of esters is 1. The van der Waals surface area contributed by atoms with Crippen LogP contribution in [0.2, 0.25) is 5.02 Å². The highest BCUT2D eigenvalue weighted by Crippen LogP contribution is 2.71. The fourth-order valence-electron chi connectivity index (χ4n) is 8.43. The van der Waals surface area contributed by atoms with Crippen molar-refractivity contribution in [3.8, 4) is 0 Å². The summed E-state index contributed by atoms with van der Waals surface area (Å²) in [6, 6.07) is 6.39. The summed E-state index contributed by atoms with van der Waals surface area (Å²) in [7, 11) is 0. The third kappa shape index (κ3) is 4.30. The Labute approximate surface area is 249 Å². The lowest BCUT2D eigenvalue weighted by molar-refractivity contribution is -0.225. The number of hydrogen-bond donors (Lipinski definition) is 1. The number of thioether (sulfide) groups is 1. The Kier molecular flexibility index (Phi) is 7.70. The standard InChI is InChI=1S/C32H36ClFO6S/c1-5-27(38)40-32(28(39)41-17-25(36)19-6-9-21(33)10-7-19)18(2)14-24-23-11-8-20-15-22(35)12-13-29(20,3)31(23,34)26(37)16-30(24,32)4/h6-7,9-10,12-13,15,18,23-24,26,37H,5,8,11,14,16-17H2,1-4H3/t18-,23-,24-,26-,29-,30-,31-,32-/m0/s1. The van der Waals surface area contributed by atoms with Gasteiger partial charge in [0.15, 0.2) is 22.8 Å². The minimum atomic E-state index is -2.07. The number of aliphatic hydroxyl groups excluding tert-OH is 1. The van der Waals surface area contributed by atoms with Gasteiger partial charge < -0.3 is 9.84 Å². The van der Waals surface area contributed by atoms with Gasteiger partial charge in [-0.25, -0.2) is 4.39 Å². The van der Waals surface area contributed by atoms with Crippen molar-refractivity contribution >= 4 is 46.0 Å². The predicted molar refractivity (Wildman–Crippen MR) is 155 cm³/mol. The van der Waals surface area contributed by atoms with Gasteiger partial charge in [0.05, 0.1) is 11.9 Å². The fraction of sp³-hybridized carbons (Fsp3) is 0.562. The van der Waals surface area contributed by atoms with Crippen LogP contribution in [0.25, 0.3) is 0 Å². The number of halogens is 2. The molecule has 8 atom stereocenters. The highest BCUT2D eigenvalue weighted by Gasteiger charge is 2.77. The van der Waals surface area contributed by atoms with E-state index in [-0.39, 0.29) is 36.1 Å². The summed E-state index contributed by atoms with van der Waals surface area (Å²) in [6.45, 7) is 7.06. The lowest BCUT2D eigenvalue weighted by Gasteiger charge is -2.62. The van der Waals surface area contributed by atoms with Gasteiger partial charge in [-0.05, 0) is 74.9 Å². The first-order valence-electron chi connectivity index (χ1n) is 14.2. The van der Waals surface area contributed by atoms with E-state index in [1.165, 1.54) is 12.2 Å². The summed E-state index contributed by atoms with van der Waals surface area (Å²) >= 11 is 6.75. The number of hydrogen-bond acceptors (Lipinski definition) is 7. The molecule has 4 aliphatic rings. The fourth-order valence-corrected chi connectivity index (χ4v) is 9.68. The molecule has 1 aromatic rings. The molecule has 6 nitrogen and oxygen atoms in total. The molecule has 0 aromatic heterocycles. The highest BCUT2D eigenvalue weighted by atomic mass is 35.5. The Morgan fingerprint density at radius 2 is 1.85 bits per heavy atom. The number of fused-ring (bicyclic) bond motifs is 5. The first-order valence-corrected chi connectivity index (χ1v) is 15.6. The van der Waals surface area contributed by atoms with E-state index in [4.69, 9.17) is 16.3 Å². The summed E-state index contributed by atoms with van der Waals surface area (Å²) in [5.41, 5.74) is -4.86. The van der Waals surface area contributed by atoms with Gasteiger partial charge in [0.2, 0.25) is 5.12 Å². The van der Waals surface area contributed by atoms with Crippen molar-refractivity contribution in [3.63, 3.8) is 0 Å². The van der Waals surface area contributed by atoms with Crippen molar-refractivity contribution in [1.82, 2.24) is 0 Å². The van der Waals surface area contributed by atoms with Gasteiger partial charge in [-0.15, -0.1) is 0 Å². The monoisotopic (exact) mass is 602 g/mol. The van der Waals surface area contributed by atoms with Crippen molar-refractivity contribution in [1.29, 1.82) is 0 Å². The van der Waals surface area contributed by atoms with Crippen LogP contribution in [0.4, 0.5) is 4.39 Å². The molecular formula is C32H36ClFO6S. The highest BCUT2D eigenvalue weighted by molar-refractivity contribution is 8.14. The van der Waals surface area contributed by atoms with Crippen LogP contribution in [0.3, 0.4) is 0 Å². The zero-order valence-electron chi connectivity index (χ0n) is 23.7. The summed E-state index contributed by atoms with van der Waals surface area (Å²) in [6.07, 6.45) is 4.24. The Morgan fingerprint density at radius 1 is 1.17 bits per heavy atom. The van der Waals surface area contributed by atoms with Gasteiger partial charge in [-0.1, -0.05) is 55.8 Å². The number of rotatable bonds is 6. The molecule has 0 heterocycles. The van der Waals surface area contributed by atoms with E-state index in [0.717, 1.165) is 11.8 Å². The molecule has 1 N–H and O–H groups in total. The van der Waals surface area contributed by atoms with Gasteiger partial charge in [-0.3, -0.25) is 19.2 Å². The maximum Gasteiger partial charge on any atom is 0.306 e. The smallest absolute Gasteiger partial charge is 0.306 e. The second-order valence-electron chi connectivity index (χ2n) is 12.5. The number of ether oxygens (including phenoxy) is 1. The lowest BCUT2D eigenvalue weighted by Crippen LogP contribution is -2.69. The molecule has 0 spiro atoms. The van der Waals surface area contributed by atoms with E-state index >= 15 is 4.39 Å². The van der Waals surface area contributed by atoms with Gasteiger partial charge in [0, 0.05) is 39.7 Å². The Morgan fingerprint density at radius 3 is 2.51 bits per heavy atom. The van der Waals surface area contributed by atoms with Crippen LogP contribution in [-0.4, -0.2) is 50.9 Å². The third-order valence-corrected chi connectivity index (χ3v) is 11.8. The van der Waals surface area contributed by atoms with E-state index in [9.17, 15) is 24.3 Å². The molecule has 4 aliphatic carbocycles. The first-order chi connectivity index (χ1) is 19.2. The van der Waals surface area contributed by atoms with E-state index in [1.54, 1.807) is 44.2 Å². The Balaban J connectivity index is 1.51. The Bertz CT molecular complexity index is 1360. The van der Waals surface area contributed by atoms with Crippen LogP contribution in [0.1, 0.15) is 70.2 Å². The van der Waals surface area contributed by atoms with Crippen LogP contribution < -0.4 is 0 Å². The molecular weight excluding hydrogens is 567 g/mol. The molecule has 1 aromatic carbocycles. The number of aliphatic hydroxyl groups is 1. The average Bonchev–Trinajstić information content (AvgIpc) is 3.15. The van der Waals surface area contributed by atoms with Crippen LogP contribution in [-0.2, 0) is 19.1 Å². The summed E-state index contributed by atoms with van der Waals surface area (Å²) < 4.78 is 23.7. The molecule has 0 bridgehead atoms. The van der Waals surface area contributed by atoms with Crippen LogP contribution in [0.15, 0.2) is 48.1 Å². The number of carbonyl (C=O) groups is 4. The molecule has 0 aliphatic heterocycles. The lowest BCUT2D eigenvalue weighted by atomic mass is 9.45. The topological polar surface area (TPSA) is 97.7 Å². The van der Waals surface area contributed by atoms with Crippen molar-refractivity contribution in [3.05, 3.63) is 58.7 Å². The van der Waals surface area contributed by atoms with Gasteiger partial charge in [-0.2, -0.15) is 0 Å². The zero-order valence-corrected chi connectivity index (χ0v) is 25.3. The van der Waals surface area contributed by atoms with Crippen LogP contribution in [0, 0.1) is 28.6 Å². The molecule has 0 radical (unpaired) electrons. The number of benzene rings is 1. The molecule has 0 saturated heterocycles. The van der Waals surface area contributed by atoms with Crippen molar-refractivity contribution in [2.75, 3.05) is 5.75 Å². The zero-order chi connectivity index (χ0) is 30.0. The summed E-state index contributed by atoms with van der Waals surface area (Å²) in [4.78, 5) is 52.2. The van der Waals surface area contributed by atoms with Gasteiger partial charge in [0.25, 0.3) is 0 Å². The quantitative estimate of drug-likeness (QED) is 0.311. The molecule has 0 amide bonds. The minimum absolute atomic E-state index is 0.0426. The molecule has 41 heavy (non-hydrogen) atoms. The number of ketones is 2. The second-order valence-corrected chi connectivity index (χ2v) is 13.9. The van der Waals surface area contributed by atoms with Crippen LogP contribution in [0.5, 0.6) is 0 Å². The molecule has 9 heteroatoms. The van der Waals surface area contributed by atoms with Crippen molar-refractivity contribution < 1.29 is 33.4 Å². The third-order valence-electron chi connectivity index (χ3n) is 10.5. The molecule has 5 rings (SSSR count). The maximum atomic E-state index is 17.5. The summed E-state index contributed by atoms with van der Waals surface area (Å²) in [5, 5.41) is 11.7. The second kappa shape index (κ2) is 10.5. The van der Waals surface area contributed by atoms with Crippen LogP contribution >= 0.6 is 23.4 Å². The minimum Gasteiger partial charge on any atom is -0.449 e. The number of Topliss-reactive ketones (excluding diaryl/α,β-unsaturated/α-hetero) is 1. The van der Waals surface area contributed by atoms with E-state index < -0.39 is 51.1 Å². The molecule has 220 valence electrons. The predicted octanol–water partition coefficient (Wildman–Crippen LogP) is 6.09. The first kappa shape index (κ1) is 30.2. The number of alkyl halides is 1. The normalized spacial score (nSPS) is 39.3. The van der Waals surface area contributed by atoms with Crippen molar-refractivity contribution in [2.24, 2.45) is 28.6 Å². The average molecular weight is 603 g/mol. The Hall–Kier alpha value is -2.29. The summed E-state index contributed by atoms with van der Waals surface area (Å²) in [5.74, 6) is -2.66. The number of carbonyl (C=O) groups excluding carboxylic acids is 4. The largest absolute Gasteiger partial charge is 0.449 e. The molecule has 3 fully saturated rings. The molecule has 3 saturated carbocycles. The van der Waals surface area contributed by atoms with E-state index in [2.05, 4.69) is 0 Å². The van der Waals surface area contributed by atoms with Crippen molar-refractivity contribution in [2.45, 2.75) is 77.2 Å². The van der Waals surface area contributed by atoms with Gasteiger partial charge in [0.1, 0.15) is 0 Å².